The smallest absolute Gasteiger partial charge is 0.127 e. The van der Waals surface area contributed by atoms with Gasteiger partial charge in [0.2, 0.25) is 0 Å². The first kappa shape index (κ1) is 18.5. The van der Waals surface area contributed by atoms with Crippen LogP contribution >= 0.6 is 0 Å². The second kappa shape index (κ2) is 7.63. The fraction of sp³-hybridized carbons (Fsp3) is 0.611. The molecular formula is C18H30N2O2. The molecule has 0 aliphatic rings. The number of rotatable bonds is 7. The van der Waals surface area contributed by atoms with Crippen LogP contribution in [0.1, 0.15) is 45.2 Å². The van der Waals surface area contributed by atoms with Gasteiger partial charge in [-0.05, 0) is 44.7 Å². The summed E-state index contributed by atoms with van der Waals surface area (Å²) in [5.74, 6) is 1.08. The molecule has 1 unspecified atom stereocenters. The molecule has 0 radical (unpaired) electrons. The fourth-order valence-corrected chi connectivity index (χ4v) is 2.55. The third-order valence-electron chi connectivity index (χ3n) is 3.80. The van der Waals surface area contributed by atoms with Crippen LogP contribution in [-0.2, 0) is 5.60 Å². The number of aryl methyl sites for hydroxylation is 1. The molecular weight excluding hydrogens is 276 g/mol. The molecule has 1 N–H and O–H groups in total. The van der Waals surface area contributed by atoms with Crippen LogP contribution in [0.3, 0.4) is 0 Å². The van der Waals surface area contributed by atoms with Crippen molar-refractivity contribution >= 4 is 12.0 Å². The molecule has 1 aromatic rings. The number of hydrogen-bond donors (Lipinski definition) is 1. The van der Waals surface area contributed by atoms with Crippen LogP contribution < -0.4 is 4.74 Å². The van der Waals surface area contributed by atoms with Crippen molar-refractivity contribution in [3.05, 3.63) is 23.3 Å². The van der Waals surface area contributed by atoms with Crippen LogP contribution in [0.2, 0.25) is 0 Å². The van der Waals surface area contributed by atoms with Gasteiger partial charge in [-0.3, -0.25) is 0 Å². The number of ether oxygens (including phenoxy) is 1. The van der Waals surface area contributed by atoms with Gasteiger partial charge >= 0.3 is 0 Å². The molecule has 1 atom stereocenters. The molecule has 0 amide bonds. The number of aliphatic hydroxyl groups is 1. The van der Waals surface area contributed by atoms with Gasteiger partial charge in [-0.15, -0.1) is 0 Å². The summed E-state index contributed by atoms with van der Waals surface area (Å²) in [5, 5.41) is 10.8. The van der Waals surface area contributed by atoms with Gasteiger partial charge in [-0.1, -0.05) is 13.8 Å². The number of methoxy groups -OCH3 is 1. The van der Waals surface area contributed by atoms with Crippen molar-refractivity contribution in [3.63, 3.8) is 0 Å². The highest BCUT2D eigenvalue weighted by molar-refractivity contribution is 5.65. The molecule has 0 aliphatic carbocycles. The Morgan fingerprint density at radius 2 is 2.05 bits per heavy atom. The van der Waals surface area contributed by atoms with E-state index in [9.17, 15) is 5.11 Å². The van der Waals surface area contributed by atoms with E-state index in [1.807, 2.05) is 44.3 Å². The highest BCUT2D eigenvalue weighted by Gasteiger charge is 2.28. The zero-order chi connectivity index (χ0) is 16.9. The van der Waals surface area contributed by atoms with Crippen molar-refractivity contribution < 1.29 is 9.84 Å². The largest absolute Gasteiger partial charge is 0.496 e. The van der Waals surface area contributed by atoms with Crippen LogP contribution in [-0.4, -0.2) is 37.0 Å². The van der Waals surface area contributed by atoms with Crippen molar-refractivity contribution in [1.29, 1.82) is 0 Å². The zero-order valence-corrected chi connectivity index (χ0v) is 15.0. The quantitative estimate of drug-likeness (QED) is 0.614. The Hall–Kier alpha value is -1.55. The number of nitrogens with zero attached hydrogens (tertiary/aromatic N) is 2. The molecule has 0 saturated heterocycles. The van der Waals surface area contributed by atoms with Gasteiger partial charge in [-0.25, -0.2) is 4.99 Å². The Labute approximate surface area is 134 Å². The molecule has 0 spiro atoms. The minimum Gasteiger partial charge on any atom is -0.496 e. The molecule has 1 aromatic carbocycles. The van der Waals surface area contributed by atoms with E-state index >= 15 is 0 Å². The summed E-state index contributed by atoms with van der Waals surface area (Å²) in [6.07, 6.45) is 2.50. The lowest BCUT2D eigenvalue weighted by Crippen LogP contribution is -2.24. The molecule has 124 valence electrons. The van der Waals surface area contributed by atoms with Gasteiger partial charge in [0.15, 0.2) is 0 Å². The highest BCUT2D eigenvalue weighted by Crippen LogP contribution is 2.38. The number of benzene rings is 1. The van der Waals surface area contributed by atoms with Crippen molar-refractivity contribution in [2.75, 3.05) is 20.7 Å². The van der Waals surface area contributed by atoms with Gasteiger partial charge in [0.1, 0.15) is 5.75 Å². The molecule has 1 rings (SSSR count). The summed E-state index contributed by atoms with van der Waals surface area (Å²) in [7, 11) is 3.61. The summed E-state index contributed by atoms with van der Waals surface area (Å²) < 4.78 is 5.49. The van der Waals surface area contributed by atoms with Crippen LogP contribution in [0.25, 0.3) is 0 Å². The Morgan fingerprint density at radius 1 is 1.41 bits per heavy atom. The first-order valence-corrected chi connectivity index (χ1v) is 7.87. The van der Waals surface area contributed by atoms with Crippen LogP contribution in [0.5, 0.6) is 5.75 Å². The normalized spacial score (nSPS) is 14.4. The Balaban J connectivity index is 3.23. The SMILES string of the molecule is CCN(C)C=Nc1cc(OC)c(C(C)(O)CC(C)C)cc1C. The fourth-order valence-electron chi connectivity index (χ4n) is 2.55. The maximum Gasteiger partial charge on any atom is 0.127 e. The van der Waals surface area contributed by atoms with E-state index < -0.39 is 5.60 Å². The molecule has 0 fully saturated rings. The predicted molar refractivity (Wildman–Crippen MR) is 93.2 cm³/mol. The minimum atomic E-state index is -0.910. The maximum atomic E-state index is 10.8. The first-order valence-electron chi connectivity index (χ1n) is 7.87. The number of hydrogen-bond acceptors (Lipinski definition) is 3. The van der Waals surface area contributed by atoms with Crippen LogP contribution in [0.15, 0.2) is 17.1 Å². The lowest BCUT2D eigenvalue weighted by atomic mass is 9.86. The Kier molecular flexibility index (Phi) is 6.42. The van der Waals surface area contributed by atoms with Gasteiger partial charge in [0, 0.05) is 25.2 Å². The second-order valence-corrected chi connectivity index (χ2v) is 6.53. The van der Waals surface area contributed by atoms with Gasteiger partial charge in [0.05, 0.1) is 24.7 Å². The first-order chi connectivity index (χ1) is 10.2. The molecule has 0 bridgehead atoms. The second-order valence-electron chi connectivity index (χ2n) is 6.53. The van der Waals surface area contributed by atoms with E-state index in [2.05, 4.69) is 25.8 Å². The monoisotopic (exact) mass is 306 g/mol. The van der Waals surface area contributed by atoms with Crippen LogP contribution in [0, 0.1) is 12.8 Å². The lowest BCUT2D eigenvalue weighted by molar-refractivity contribution is 0.0325. The molecule has 0 heterocycles. The summed E-state index contributed by atoms with van der Waals surface area (Å²) in [4.78, 5) is 6.52. The van der Waals surface area contributed by atoms with Crippen molar-refractivity contribution in [3.8, 4) is 5.75 Å². The highest BCUT2D eigenvalue weighted by atomic mass is 16.5. The minimum absolute atomic E-state index is 0.399. The van der Waals surface area contributed by atoms with E-state index in [0.717, 1.165) is 23.4 Å². The third-order valence-corrected chi connectivity index (χ3v) is 3.80. The summed E-state index contributed by atoms with van der Waals surface area (Å²) in [6, 6.07) is 3.89. The molecule has 0 aliphatic heterocycles. The zero-order valence-electron chi connectivity index (χ0n) is 15.0. The lowest BCUT2D eigenvalue weighted by Gasteiger charge is -2.28. The van der Waals surface area contributed by atoms with Crippen molar-refractivity contribution in [2.24, 2.45) is 10.9 Å². The average molecular weight is 306 g/mol. The van der Waals surface area contributed by atoms with E-state index in [4.69, 9.17) is 4.74 Å². The van der Waals surface area contributed by atoms with E-state index in [0.29, 0.717) is 18.1 Å². The van der Waals surface area contributed by atoms with Gasteiger partial charge in [-0.2, -0.15) is 0 Å². The summed E-state index contributed by atoms with van der Waals surface area (Å²) >= 11 is 0. The maximum absolute atomic E-state index is 10.8. The topological polar surface area (TPSA) is 45.1 Å². The van der Waals surface area contributed by atoms with Gasteiger partial charge < -0.3 is 14.7 Å². The Morgan fingerprint density at radius 3 is 2.55 bits per heavy atom. The molecule has 0 saturated carbocycles. The van der Waals surface area contributed by atoms with E-state index in [1.54, 1.807) is 7.11 Å². The van der Waals surface area contributed by atoms with Crippen LogP contribution in [0.4, 0.5) is 5.69 Å². The van der Waals surface area contributed by atoms with Crippen molar-refractivity contribution in [2.45, 2.75) is 46.6 Å². The molecule has 4 nitrogen and oxygen atoms in total. The van der Waals surface area contributed by atoms with Crippen molar-refractivity contribution in [1.82, 2.24) is 4.90 Å². The van der Waals surface area contributed by atoms with E-state index in [1.165, 1.54) is 0 Å². The number of aliphatic imine (C=N–C) groups is 1. The molecule has 22 heavy (non-hydrogen) atoms. The molecule has 0 aromatic heterocycles. The Bertz CT molecular complexity index is 522. The average Bonchev–Trinajstić information content (AvgIpc) is 2.43. The third kappa shape index (κ3) is 4.73. The van der Waals surface area contributed by atoms with Gasteiger partial charge in [0.25, 0.3) is 0 Å². The predicted octanol–water partition coefficient (Wildman–Crippen LogP) is 3.87. The standard InChI is InChI=1S/C18H30N2O2/c1-8-20(6)12-19-16-10-17(22-7)15(9-14(16)4)18(5,21)11-13(2)3/h9-10,12-13,21H,8,11H2,1-7H3. The summed E-state index contributed by atoms with van der Waals surface area (Å²) in [5.41, 5.74) is 1.80. The van der Waals surface area contributed by atoms with E-state index in [-0.39, 0.29) is 0 Å². The molecule has 4 heteroatoms. The summed E-state index contributed by atoms with van der Waals surface area (Å²) in [6.45, 7) is 11.0.